The molecular formula is C13H19BrN2OS. The molecule has 3 nitrogen and oxygen atoms in total. The van der Waals surface area contributed by atoms with Crippen LogP contribution >= 0.6 is 27.7 Å². The van der Waals surface area contributed by atoms with Crippen LogP contribution in [0.2, 0.25) is 0 Å². The Bertz CT molecular complexity index is 357. The fraction of sp³-hybridized carbons (Fsp3) is 0.462. The molecule has 0 heterocycles. The number of nitrogens with one attached hydrogen (secondary N) is 2. The minimum Gasteiger partial charge on any atom is -0.325 e. The topological polar surface area (TPSA) is 41.1 Å². The molecule has 0 radical (unpaired) electrons. The summed E-state index contributed by atoms with van der Waals surface area (Å²) in [6.45, 7) is 1.27. The van der Waals surface area contributed by atoms with Crippen LogP contribution in [0.25, 0.3) is 0 Å². The van der Waals surface area contributed by atoms with Gasteiger partial charge >= 0.3 is 0 Å². The second-order valence-corrected chi connectivity index (χ2v) is 5.83. The highest BCUT2D eigenvalue weighted by molar-refractivity contribution is 9.10. The molecule has 18 heavy (non-hydrogen) atoms. The van der Waals surface area contributed by atoms with E-state index in [4.69, 9.17) is 0 Å². The van der Waals surface area contributed by atoms with Crippen LogP contribution < -0.4 is 10.6 Å². The lowest BCUT2D eigenvalue weighted by molar-refractivity contribution is -0.115. The highest BCUT2D eigenvalue weighted by atomic mass is 79.9. The Hall–Kier alpha value is -0.520. The fourth-order valence-electron chi connectivity index (χ4n) is 1.44. The molecule has 0 atom stereocenters. The van der Waals surface area contributed by atoms with Crippen molar-refractivity contribution in [2.24, 2.45) is 0 Å². The molecule has 2 N–H and O–H groups in total. The number of rotatable bonds is 8. The molecule has 0 spiro atoms. The Balaban J connectivity index is 2.12. The molecular weight excluding hydrogens is 312 g/mol. The molecule has 0 aliphatic rings. The molecule has 0 aliphatic heterocycles. The number of carbonyl (C=O) groups excluding carboxylic acids is 1. The smallest absolute Gasteiger partial charge is 0.238 e. The number of anilines is 1. The van der Waals surface area contributed by atoms with E-state index in [9.17, 15) is 4.79 Å². The summed E-state index contributed by atoms with van der Waals surface area (Å²) < 4.78 is 1.01. The number of amides is 1. The number of hydrogen-bond donors (Lipinski definition) is 2. The standard InChI is InChI=1S/C13H19BrN2OS/c1-18-9-3-2-8-15-10-13(17)16-12-6-4-11(14)5-7-12/h4-7,15H,2-3,8-10H2,1H3,(H,16,17). The second kappa shape index (κ2) is 9.42. The maximum atomic E-state index is 11.6. The number of unbranched alkanes of at least 4 members (excludes halogenated alkanes) is 1. The summed E-state index contributed by atoms with van der Waals surface area (Å²) in [4.78, 5) is 11.6. The monoisotopic (exact) mass is 330 g/mol. The van der Waals surface area contributed by atoms with Gasteiger partial charge in [0.2, 0.25) is 5.91 Å². The number of halogens is 1. The third-order valence-corrected chi connectivity index (χ3v) is 3.59. The van der Waals surface area contributed by atoms with Crippen LogP contribution in [0.3, 0.4) is 0 Å². The van der Waals surface area contributed by atoms with E-state index in [0.29, 0.717) is 6.54 Å². The summed E-state index contributed by atoms with van der Waals surface area (Å²) in [5.74, 6) is 1.19. The molecule has 0 bridgehead atoms. The van der Waals surface area contributed by atoms with Crippen LogP contribution in [-0.4, -0.2) is 31.0 Å². The van der Waals surface area contributed by atoms with Crippen LogP contribution in [0.4, 0.5) is 5.69 Å². The second-order valence-electron chi connectivity index (χ2n) is 3.93. The number of benzene rings is 1. The Kier molecular flexibility index (Phi) is 8.13. The lowest BCUT2D eigenvalue weighted by Gasteiger charge is -2.06. The molecule has 100 valence electrons. The van der Waals surface area contributed by atoms with Gasteiger partial charge < -0.3 is 10.6 Å². The fourth-order valence-corrected chi connectivity index (χ4v) is 2.19. The highest BCUT2D eigenvalue weighted by Gasteiger charge is 2.01. The molecule has 5 heteroatoms. The van der Waals surface area contributed by atoms with Crippen LogP contribution in [-0.2, 0) is 4.79 Å². The van der Waals surface area contributed by atoms with E-state index in [0.717, 1.165) is 23.1 Å². The molecule has 0 aromatic heterocycles. The van der Waals surface area contributed by atoms with Crippen molar-refractivity contribution in [2.75, 3.05) is 30.4 Å². The minimum absolute atomic E-state index is 0.00203. The van der Waals surface area contributed by atoms with Gasteiger partial charge in [0.05, 0.1) is 6.54 Å². The maximum Gasteiger partial charge on any atom is 0.238 e. The van der Waals surface area contributed by atoms with Crippen molar-refractivity contribution in [3.05, 3.63) is 28.7 Å². The third-order valence-electron chi connectivity index (χ3n) is 2.37. The van der Waals surface area contributed by atoms with Gasteiger partial charge in [-0.1, -0.05) is 15.9 Å². The van der Waals surface area contributed by atoms with Crippen molar-refractivity contribution in [1.82, 2.24) is 5.32 Å². The molecule has 0 aliphatic carbocycles. The van der Waals surface area contributed by atoms with Crippen molar-refractivity contribution < 1.29 is 4.79 Å². The van der Waals surface area contributed by atoms with Crippen molar-refractivity contribution in [3.63, 3.8) is 0 Å². The predicted molar refractivity (Wildman–Crippen MR) is 83.3 cm³/mol. The third kappa shape index (κ3) is 7.03. The molecule has 0 saturated carbocycles. The minimum atomic E-state index is 0.00203. The molecule has 0 unspecified atom stereocenters. The van der Waals surface area contributed by atoms with Gasteiger partial charge in [-0.3, -0.25) is 4.79 Å². The van der Waals surface area contributed by atoms with E-state index in [1.165, 1.54) is 12.2 Å². The Morgan fingerprint density at radius 1 is 1.28 bits per heavy atom. The largest absolute Gasteiger partial charge is 0.325 e. The van der Waals surface area contributed by atoms with E-state index >= 15 is 0 Å². The SMILES string of the molecule is CSCCCCNCC(=O)Nc1ccc(Br)cc1. The normalized spacial score (nSPS) is 10.3. The van der Waals surface area contributed by atoms with E-state index in [1.807, 2.05) is 36.0 Å². The van der Waals surface area contributed by atoms with Crippen molar-refractivity contribution >= 4 is 39.3 Å². The highest BCUT2D eigenvalue weighted by Crippen LogP contribution is 2.13. The number of thioether (sulfide) groups is 1. The number of hydrogen-bond acceptors (Lipinski definition) is 3. The molecule has 1 amide bonds. The molecule has 1 aromatic rings. The Morgan fingerprint density at radius 2 is 2.00 bits per heavy atom. The van der Waals surface area contributed by atoms with Crippen LogP contribution in [0, 0.1) is 0 Å². The summed E-state index contributed by atoms with van der Waals surface area (Å²) >= 11 is 5.21. The van der Waals surface area contributed by atoms with E-state index in [2.05, 4.69) is 32.8 Å². The zero-order valence-electron chi connectivity index (χ0n) is 10.5. The van der Waals surface area contributed by atoms with Gasteiger partial charge in [-0.05, 0) is 55.7 Å². The zero-order chi connectivity index (χ0) is 13.2. The van der Waals surface area contributed by atoms with Crippen LogP contribution in [0.15, 0.2) is 28.7 Å². The van der Waals surface area contributed by atoms with E-state index in [1.54, 1.807) is 0 Å². The van der Waals surface area contributed by atoms with Crippen molar-refractivity contribution in [3.8, 4) is 0 Å². The molecule has 1 rings (SSSR count). The zero-order valence-corrected chi connectivity index (χ0v) is 12.9. The van der Waals surface area contributed by atoms with Gasteiger partial charge in [0.25, 0.3) is 0 Å². The van der Waals surface area contributed by atoms with Crippen molar-refractivity contribution in [2.45, 2.75) is 12.8 Å². The lowest BCUT2D eigenvalue weighted by Crippen LogP contribution is -2.28. The first-order chi connectivity index (χ1) is 8.72. The first kappa shape index (κ1) is 15.5. The first-order valence-electron chi connectivity index (χ1n) is 5.97. The maximum absolute atomic E-state index is 11.6. The van der Waals surface area contributed by atoms with E-state index < -0.39 is 0 Å². The first-order valence-corrected chi connectivity index (χ1v) is 8.16. The quantitative estimate of drug-likeness (QED) is 0.719. The van der Waals surface area contributed by atoms with Crippen LogP contribution in [0.1, 0.15) is 12.8 Å². The molecule has 0 fully saturated rings. The Morgan fingerprint density at radius 3 is 2.67 bits per heavy atom. The number of carbonyl (C=O) groups is 1. The van der Waals surface area contributed by atoms with Gasteiger partial charge in [-0.15, -0.1) is 0 Å². The summed E-state index contributed by atoms with van der Waals surface area (Å²) in [6.07, 6.45) is 4.42. The summed E-state index contributed by atoms with van der Waals surface area (Å²) in [7, 11) is 0. The lowest BCUT2D eigenvalue weighted by atomic mass is 10.3. The van der Waals surface area contributed by atoms with Gasteiger partial charge in [-0.2, -0.15) is 11.8 Å². The summed E-state index contributed by atoms with van der Waals surface area (Å²) in [5, 5.41) is 5.99. The summed E-state index contributed by atoms with van der Waals surface area (Å²) in [6, 6.07) is 7.57. The Labute approximate surface area is 121 Å². The average molecular weight is 331 g/mol. The molecule has 1 aromatic carbocycles. The van der Waals surface area contributed by atoms with Gasteiger partial charge in [-0.25, -0.2) is 0 Å². The van der Waals surface area contributed by atoms with E-state index in [-0.39, 0.29) is 5.91 Å². The van der Waals surface area contributed by atoms with Gasteiger partial charge in [0, 0.05) is 10.2 Å². The van der Waals surface area contributed by atoms with Gasteiger partial charge in [0.1, 0.15) is 0 Å². The predicted octanol–water partition coefficient (Wildman–Crippen LogP) is 3.12. The van der Waals surface area contributed by atoms with Crippen LogP contribution in [0.5, 0.6) is 0 Å². The van der Waals surface area contributed by atoms with Crippen molar-refractivity contribution in [1.29, 1.82) is 0 Å². The molecule has 0 saturated heterocycles. The average Bonchev–Trinajstić information content (AvgIpc) is 2.36. The van der Waals surface area contributed by atoms with Gasteiger partial charge in [0.15, 0.2) is 0 Å². The summed E-state index contributed by atoms with van der Waals surface area (Å²) in [5.41, 5.74) is 0.826.